The summed E-state index contributed by atoms with van der Waals surface area (Å²) in [4.78, 5) is 1.22. The van der Waals surface area contributed by atoms with Crippen molar-refractivity contribution in [1.29, 1.82) is 5.26 Å². The molecule has 1 heterocycles. The smallest absolute Gasteiger partial charge is 0.114 e. The van der Waals surface area contributed by atoms with Crippen molar-refractivity contribution in [2.45, 2.75) is 31.1 Å². The highest BCUT2D eigenvalue weighted by atomic mass is 32.2. The first kappa shape index (κ1) is 9.67. The number of aryl methyl sites for hydroxylation is 1. The Hall–Kier alpha value is -0.880. The lowest BCUT2D eigenvalue weighted by Gasteiger charge is -2.08. The zero-order valence-electron chi connectivity index (χ0n) is 8.25. The van der Waals surface area contributed by atoms with Gasteiger partial charge in [0, 0.05) is 17.1 Å². The van der Waals surface area contributed by atoms with Gasteiger partial charge >= 0.3 is 0 Å². The lowest BCUT2D eigenvalue weighted by Crippen LogP contribution is -2.02. The quantitative estimate of drug-likeness (QED) is 0.710. The summed E-state index contributed by atoms with van der Waals surface area (Å²) in [6, 6.07) is 4.28. The third-order valence-electron chi connectivity index (χ3n) is 2.76. The second-order valence-electron chi connectivity index (χ2n) is 3.96. The van der Waals surface area contributed by atoms with Crippen molar-refractivity contribution in [2.24, 2.45) is 5.41 Å². The molecular formula is C11H13NOS. The van der Waals surface area contributed by atoms with Crippen molar-refractivity contribution in [3.8, 4) is 6.07 Å². The molecule has 1 fully saturated rings. The highest BCUT2D eigenvalue weighted by Crippen LogP contribution is 2.51. The Balaban J connectivity index is 1.89. The topological polar surface area (TPSA) is 36.9 Å². The second-order valence-corrected chi connectivity index (χ2v) is 4.98. The maximum absolute atomic E-state index is 8.68. The van der Waals surface area contributed by atoms with Crippen LogP contribution in [0.3, 0.4) is 0 Å². The molecule has 3 heteroatoms. The van der Waals surface area contributed by atoms with Crippen LogP contribution in [-0.2, 0) is 0 Å². The van der Waals surface area contributed by atoms with Gasteiger partial charge in [-0.3, -0.25) is 0 Å². The lowest BCUT2D eigenvalue weighted by atomic mass is 10.1. The van der Waals surface area contributed by atoms with E-state index in [2.05, 4.69) is 6.07 Å². The van der Waals surface area contributed by atoms with Gasteiger partial charge in [-0.25, -0.2) is 0 Å². The van der Waals surface area contributed by atoms with E-state index in [4.69, 9.17) is 9.68 Å². The molecule has 0 N–H and O–H groups in total. The largest absolute Gasteiger partial charge is 0.468 e. The van der Waals surface area contributed by atoms with Crippen LogP contribution in [0.15, 0.2) is 21.6 Å². The lowest BCUT2D eigenvalue weighted by molar-refractivity contribution is 0.526. The number of thioether (sulfide) groups is 1. The van der Waals surface area contributed by atoms with E-state index in [0.717, 1.165) is 11.5 Å². The minimum atomic E-state index is 0.323. The van der Waals surface area contributed by atoms with Crippen LogP contribution >= 0.6 is 11.8 Å². The Morgan fingerprint density at radius 1 is 1.64 bits per heavy atom. The van der Waals surface area contributed by atoms with Crippen LogP contribution in [0.2, 0.25) is 0 Å². The normalized spacial score (nSPS) is 17.7. The molecule has 1 aromatic heterocycles. The Kier molecular flexibility index (Phi) is 2.56. The maximum atomic E-state index is 8.68. The molecular weight excluding hydrogens is 194 g/mol. The van der Waals surface area contributed by atoms with Crippen molar-refractivity contribution < 1.29 is 4.42 Å². The van der Waals surface area contributed by atoms with E-state index in [1.54, 1.807) is 6.26 Å². The summed E-state index contributed by atoms with van der Waals surface area (Å²) in [7, 11) is 0. The molecule has 74 valence electrons. The highest BCUT2D eigenvalue weighted by Gasteiger charge is 2.42. The van der Waals surface area contributed by atoms with Crippen LogP contribution in [0.4, 0.5) is 0 Å². The molecule has 1 aromatic rings. The maximum Gasteiger partial charge on any atom is 0.114 e. The van der Waals surface area contributed by atoms with Crippen LogP contribution < -0.4 is 0 Å². The molecule has 0 unspecified atom stereocenters. The molecule has 0 aliphatic heterocycles. The third-order valence-corrected chi connectivity index (χ3v) is 4.25. The van der Waals surface area contributed by atoms with Gasteiger partial charge < -0.3 is 4.42 Å². The fraction of sp³-hybridized carbons (Fsp3) is 0.545. The zero-order chi connectivity index (χ0) is 10.0. The van der Waals surface area contributed by atoms with Gasteiger partial charge in [0.2, 0.25) is 0 Å². The second kappa shape index (κ2) is 3.70. The van der Waals surface area contributed by atoms with Gasteiger partial charge in [-0.05, 0) is 31.2 Å². The van der Waals surface area contributed by atoms with Crippen molar-refractivity contribution >= 4 is 11.8 Å². The van der Waals surface area contributed by atoms with Crippen molar-refractivity contribution in [3.63, 3.8) is 0 Å². The molecule has 1 saturated carbocycles. The van der Waals surface area contributed by atoms with Crippen molar-refractivity contribution in [2.75, 3.05) is 5.75 Å². The van der Waals surface area contributed by atoms with E-state index in [1.807, 2.05) is 24.8 Å². The van der Waals surface area contributed by atoms with Gasteiger partial charge in [-0.2, -0.15) is 5.26 Å². The molecule has 0 atom stereocenters. The van der Waals surface area contributed by atoms with Crippen LogP contribution in [0.25, 0.3) is 0 Å². The number of rotatable bonds is 4. The molecule has 0 amide bonds. The van der Waals surface area contributed by atoms with Gasteiger partial charge in [0.15, 0.2) is 0 Å². The predicted molar refractivity (Wildman–Crippen MR) is 56.1 cm³/mol. The Morgan fingerprint density at radius 2 is 2.43 bits per heavy atom. The number of nitrogens with zero attached hydrogens (tertiary/aromatic N) is 1. The molecule has 2 rings (SSSR count). The first-order valence-electron chi connectivity index (χ1n) is 4.80. The van der Waals surface area contributed by atoms with Gasteiger partial charge in [-0.1, -0.05) is 0 Å². The molecule has 0 spiro atoms. The monoisotopic (exact) mass is 207 g/mol. The molecule has 2 nitrogen and oxygen atoms in total. The average Bonchev–Trinajstić information content (AvgIpc) is 2.81. The summed E-state index contributed by atoms with van der Waals surface area (Å²) in [5.41, 5.74) is 0.323. The molecule has 14 heavy (non-hydrogen) atoms. The zero-order valence-corrected chi connectivity index (χ0v) is 9.06. The molecule has 0 saturated heterocycles. The Labute approximate surface area is 88.3 Å². The van der Waals surface area contributed by atoms with Crippen LogP contribution in [0.5, 0.6) is 0 Å². The molecule has 1 aliphatic rings. The van der Waals surface area contributed by atoms with Gasteiger partial charge in [0.1, 0.15) is 5.76 Å². The first-order valence-corrected chi connectivity index (χ1v) is 5.78. The van der Waals surface area contributed by atoms with Gasteiger partial charge in [-0.15, -0.1) is 11.8 Å². The third kappa shape index (κ3) is 1.96. The molecule has 0 bridgehead atoms. The summed E-state index contributed by atoms with van der Waals surface area (Å²) in [6.45, 7) is 1.98. The Bertz CT molecular complexity index is 360. The van der Waals surface area contributed by atoms with Gasteiger partial charge in [0.25, 0.3) is 0 Å². The summed E-state index contributed by atoms with van der Waals surface area (Å²) in [6.07, 6.45) is 4.85. The van der Waals surface area contributed by atoms with Crippen LogP contribution in [-0.4, -0.2) is 5.75 Å². The highest BCUT2D eigenvalue weighted by molar-refractivity contribution is 7.99. The standard InChI is InChI=1S/C11H13NOS/c1-9-10(2-7-13-9)14-8-11(3-4-11)5-6-12/h2,7H,3-5,8H2,1H3. The van der Waals surface area contributed by atoms with Crippen LogP contribution in [0, 0.1) is 23.7 Å². The minimum Gasteiger partial charge on any atom is -0.468 e. The van der Waals surface area contributed by atoms with E-state index in [9.17, 15) is 0 Å². The van der Waals surface area contributed by atoms with E-state index in [1.165, 1.54) is 17.7 Å². The average molecular weight is 207 g/mol. The summed E-state index contributed by atoms with van der Waals surface area (Å²) in [5.74, 6) is 2.05. The number of hydrogen-bond acceptors (Lipinski definition) is 3. The fourth-order valence-corrected chi connectivity index (χ4v) is 2.73. The predicted octanol–water partition coefficient (Wildman–Crippen LogP) is 3.37. The van der Waals surface area contributed by atoms with E-state index in [-0.39, 0.29) is 0 Å². The number of furan rings is 1. The van der Waals surface area contributed by atoms with Crippen molar-refractivity contribution in [1.82, 2.24) is 0 Å². The van der Waals surface area contributed by atoms with E-state index < -0.39 is 0 Å². The Morgan fingerprint density at radius 3 is 2.93 bits per heavy atom. The number of nitriles is 1. The van der Waals surface area contributed by atoms with Crippen molar-refractivity contribution in [3.05, 3.63) is 18.1 Å². The number of hydrogen-bond donors (Lipinski definition) is 0. The molecule has 0 aromatic carbocycles. The summed E-state index contributed by atoms with van der Waals surface area (Å²) in [5, 5.41) is 8.68. The molecule has 0 radical (unpaired) electrons. The summed E-state index contributed by atoms with van der Waals surface area (Å²) < 4.78 is 5.22. The first-order chi connectivity index (χ1) is 6.76. The minimum absolute atomic E-state index is 0.323. The molecule has 1 aliphatic carbocycles. The van der Waals surface area contributed by atoms with Crippen LogP contribution in [0.1, 0.15) is 25.0 Å². The van der Waals surface area contributed by atoms with E-state index in [0.29, 0.717) is 11.8 Å². The fourth-order valence-electron chi connectivity index (χ4n) is 1.47. The summed E-state index contributed by atoms with van der Waals surface area (Å²) >= 11 is 1.82. The SMILES string of the molecule is Cc1occc1SCC1(CC#N)CC1. The van der Waals surface area contributed by atoms with E-state index >= 15 is 0 Å². The van der Waals surface area contributed by atoms with Gasteiger partial charge in [0.05, 0.1) is 12.3 Å².